The largest absolute Gasteiger partial charge is 0.347 e. The van der Waals surface area contributed by atoms with Crippen LogP contribution < -0.4 is 10.6 Å². The lowest BCUT2D eigenvalue weighted by atomic mass is 10.1. The van der Waals surface area contributed by atoms with Gasteiger partial charge in [0.2, 0.25) is 11.8 Å². The van der Waals surface area contributed by atoms with E-state index < -0.39 is 0 Å². The van der Waals surface area contributed by atoms with Crippen LogP contribution in [0.4, 0.5) is 5.69 Å². The van der Waals surface area contributed by atoms with Crippen LogP contribution in [0.1, 0.15) is 17.5 Å². The second-order valence-electron chi connectivity index (χ2n) is 5.27. The Balaban J connectivity index is 1.73. The van der Waals surface area contributed by atoms with Gasteiger partial charge in [-0.05, 0) is 42.7 Å². The van der Waals surface area contributed by atoms with Gasteiger partial charge in [0.15, 0.2) is 0 Å². The molecule has 4 nitrogen and oxygen atoms in total. The quantitative estimate of drug-likeness (QED) is 0.813. The van der Waals surface area contributed by atoms with Gasteiger partial charge in [-0.1, -0.05) is 46.3 Å². The molecule has 2 rings (SSSR count). The number of hydrogen-bond donors (Lipinski definition) is 2. The van der Waals surface area contributed by atoms with Crippen molar-refractivity contribution in [2.24, 2.45) is 0 Å². The highest BCUT2D eigenvalue weighted by Crippen LogP contribution is 2.19. The Bertz CT molecular complexity index is 687. The Morgan fingerprint density at radius 2 is 1.78 bits per heavy atom. The van der Waals surface area contributed by atoms with Crippen LogP contribution in [0.3, 0.4) is 0 Å². The number of amides is 2. The zero-order valence-electron chi connectivity index (χ0n) is 12.9. The molecule has 0 saturated heterocycles. The van der Waals surface area contributed by atoms with Crippen molar-refractivity contribution in [2.45, 2.75) is 19.8 Å². The topological polar surface area (TPSA) is 58.2 Å². The van der Waals surface area contributed by atoms with Crippen molar-refractivity contribution in [1.29, 1.82) is 0 Å². The molecule has 0 heterocycles. The SMILES string of the molecule is Cc1cc(NC(=O)CNC(=O)CCc2ccccc2)ccc1Br. The molecular formula is C18H19BrN2O2. The monoisotopic (exact) mass is 374 g/mol. The first-order valence-corrected chi connectivity index (χ1v) is 8.20. The van der Waals surface area contributed by atoms with E-state index in [1.54, 1.807) is 0 Å². The van der Waals surface area contributed by atoms with Gasteiger partial charge in [0.05, 0.1) is 6.54 Å². The molecule has 0 aliphatic carbocycles. The number of carbonyl (C=O) groups is 2. The molecule has 0 fully saturated rings. The average molecular weight is 375 g/mol. The lowest BCUT2D eigenvalue weighted by Gasteiger charge is -2.08. The molecule has 5 heteroatoms. The van der Waals surface area contributed by atoms with Crippen molar-refractivity contribution in [3.05, 3.63) is 64.1 Å². The predicted molar refractivity (Wildman–Crippen MR) is 95.3 cm³/mol. The zero-order chi connectivity index (χ0) is 16.7. The molecular weight excluding hydrogens is 356 g/mol. The molecule has 0 unspecified atom stereocenters. The van der Waals surface area contributed by atoms with Crippen LogP contribution in [-0.2, 0) is 16.0 Å². The maximum absolute atomic E-state index is 11.8. The molecule has 0 saturated carbocycles. The molecule has 0 radical (unpaired) electrons. The number of hydrogen-bond acceptors (Lipinski definition) is 2. The highest BCUT2D eigenvalue weighted by molar-refractivity contribution is 9.10. The smallest absolute Gasteiger partial charge is 0.243 e. The van der Waals surface area contributed by atoms with E-state index in [1.807, 2.05) is 55.5 Å². The summed E-state index contributed by atoms with van der Waals surface area (Å²) in [7, 11) is 0. The van der Waals surface area contributed by atoms with Gasteiger partial charge in [-0.25, -0.2) is 0 Å². The Morgan fingerprint density at radius 1 is 1.04 bits per heavy atom. The molecule has 0 bridgehead atoms. The van der Waals surface area contributed by atoms with Gasteiger partial charge in [-0.15, -0.1) is 0 Å². The first-order valence-electron chi connectivity index (χ1n) is 7.41. The fraction of sp³-hybridized carbons (Fsp3) is 0.222. The molecule has 0 aliphatic rings. The minimum atomic E-state index is -0.236. The summed E-state index contributed by atoms with van der Waals surface area (Å²) in [5.41, 5.74) is 2.86. The van der Waals surface area contributed by atoms with Gasteiger partial charge in [0, 0.05) is 16.6 Å². The molecule has 23 heavy (non-hydrogen) atoms. The van der Waals surface area contributed by atoms with E-state index in [4.69, 9.17) is 0 Å². The Morgan fingerprint density at radius 3 is 2.48 bits per heavy atom. The van der Waals surface area contributed by atoms with Crippen LogP contribution in [0.2, 0.25) is 0 Å². The van der Waals surface area contributed by atoms with E-state index in [-0.39, 0.29) is 18.4 Å². The number of anilines is 1. The number of carbonyl (C=O) groups excluding carboxylic acids is 2. The second-order valence-corrected chi connectivity index (χ2v) is 6.13. The lowest BCUT2D eigenvalue weighted by Crippen LogP contribution is -2.32. The summed E-state index contributed by atoms with van der Waals surface area (Å²) >= 11 is 3.41. The Labute approximate surface area is 144 Å². The molecule has 2 amide bonds. The maximum Gasteiger partial charge on any atom is 0.243 e. The maximum atomic E-state index is 11.8. The molecule has 0 aliphatic heterocycles. The predicted octanol–water partition coefficient (Wildman–Crippen LogP) is 3.45. The van der Waals surface area contributed by atoms with Crippen molar-refractivity contribution in [1.82, 2.24) is 5.32 Å². The molecule has 2 aromatic carbocycles. The summed E-state index contributed by atoms with van der Waals surface area (Å²) in [6.07, 6.45) is 1.04. The van der Waals surface area contributed by atoms with Gasteiger partial charge in [0.1, 0.15) is 0 Å². The summed E-state index contributed by atoms with van der Waals surface area (Å²) in [5, 5.41) is 5.40. The van der Waals surface area contributed by atoms with Crippen LogP contribution in [0, 0.1) is 6.92 Å². The molecule has 0 atom stereocenters. The van der Waals surface area contributed by atoms with Crippen LogP contribution in [-0.4, -0.2) is 18.4 Å². The second kappa shape index (κ2) is 8.48. The van der Waals surface area contributed by atoms with Crippen LogP contribution in [0.25, 0.3) is 0 Å². The highest BCUT2D eigenvalue weighted by atomic mass is 79.9. The summed E-state index contributed by atoms with van der Waals surface area (Å²) in [6, 6.07) is 15.4. The number of nitrogens with one attached hydrogen (secondary N) is 2. The third-order valence-electron chi connectivity index (χ3n) is 3.37. The minimum Gasteiger partial charge on any atom is -0.347 e. The minimum absolute atomic E-state index is 0.0251. The third kappa shape index (κ3) is 5.87. The Hall–Kier alpha value is -2.14. The van der Waals surface area contributed by atoms with Crippen molar-refractivity contribution in [3.63, 3.8) is 0 Å². The van der Waals surface area contributed by atoms with E-state index >= 15 is 0 Å². The zero-order valence-corrected chi connectivity index (χ0v) is 14.5. The normalized spacial score (nSPS) is 10.2. The lowest BCUT2D eigenvalue weighted by molar-refractivity contribution is -0.124. The Kier molecular flexibility index (Phi) is 6.35. The van der Waals surface area contributed by atoms with Gasteiger partial charge >= 0.3 is 0 Å². The first-order chi connectivity index (χ1) is 11.0. The molecule has 0 spiro atoms. The van der Waals surface area contributed by atoms with Gasteiger partial charge in [0.25, 0.3) is 0 Å². The molecule has 2 N–H and O–H groups in total. The van der Waals surface area contributed by atoms with E-state index in [2.05, 4.69) is 26.6 Å². The standard InChI is InChI=1S/C18H19BrN2O2/c1-13-11-15(8-9-16(13)19)21-18(23)12-20-17(22)10-7-14-5-3-2-4-6-14/h2-6,8-9,11H,7,10,12H2,1H3,(H,20,22)(H,21,23). The fourth-order valence-corrected chi connectivity index (χ4v) is 2.34. The van der Waals surface area contributed by atoms with Crippen LogP contribution in [0.5, 0.6) is 0 Å². The van der Waals surface area contributed by atoms with Crippen LogP contribution >= 0.6 is 15.9 Å². The summed E-state index contributed by atoms with van der Waals surface area (Å²) < 4.78 is 0.990. The molecule has 2 aromatic rings. The van der Waals surface area contributed by atoms with Crippen molar-refractivity contribution < 1.29 is 9.59 Å². The summed E-state index contributed by atoms with van der Waals surface area (Å²) in [4.78, 5) is 23.6. The van der Waals surface area contributed by atoms with Gasteiger partial charge in [-0.3, -0.25) is 9.59 Å². The van der Waals surface area contributed by atoms with Crippen LogP contribution in [0.15, 0.2) is 53.0 Å². The average Bonchev–Trinajstić information content (AvgIpc) is 2.55. The third-order valence-corrected chi connectivity index (χ3v) is 4.26. The van der Waals surface area contributed by atoms with E-state index in [0.29, 0.717) is 18.5 Å². The fourth-order valence-electron chi connectivity index (χ4n) is 2.10. The van der Waals surface area contributed by atoms with E-state index in [0.717, 1.165) is 15.6 Å². The number of halogens is 1. The van der Waals surface area contributed by atoms with Crippen molar-refractivity contribution in [2.75, 3.05) is 11.9 Å². The van der Waals surface area contributed by atoms with Crippen molar-refractivity contribution >= 4 is 33.4 Å². The van der Waals surface area contributed by atoms with E-state index in [1.165, 1.54) is 0 Å². The summed E-state index contributed by atoms with van der Waals surface area (Å²) in [5.74, 6) is -0.365. The molecule has 0 aromatic heterocycles. The molecule has 120 valence electrons. The van der Waals surface area contributed by atoms with E-state index in [9.17, 15) is 9.59 Å². The number of benzene rings is 2. The van der Waals surface area contributed by atoms with Gasteiger partial charge in [-0.2, -0.15) is 0 Å². The number of rotatable bonds is 6. The first kappa shape index (κ1) is 17.2. The number of aryl methyl sites for hydroxylation is 2. The highest BCUT2D eigenvalue weighted by Gasteiger charge is 2.07. The van der Waals surface area contributed by atoms with Gasteiger partial charge < -0.3 is 10.6 Å². The summed E-state index contributed by atoms with van der Waals surface area (Å²) in [6.45, 7) is 1.92. The van der Waals surface area contributed by atoms with Crippen molar-refractivity contribution in [3.8, 4) is 0 Å².